The first-order valence-corrected chi connectivity index (χ1v) is 5.96. The third-order valence-corrected chi connectivity index (χ3v) is 3.16. The van der Waals surface area contributed by atoms with E-state index in [9.17, 15) is 4.79 Å². The van der Waals surface area contributed by atoms with Crippen LogP contribution in [0.4, 0.5) is 0 Å². The molecule has 1 amide bonds. The van der Waals surface area contributed by atoms with Gasteiger partial charge in [0, 0.05) is 12.6 Å². The van der Waals surface area contributed by atoms with Crippen LogP contribution in [-0.2, 0) is 4.79 Å². The Kier molecular flexibility index (Phi) is 5.97. The zero-order chi connectivity index (χ0) is 12.9. The first-order chi connectivity index (χ1) is 7.22. The molecule has 0 saturated carbocycles. The number of carbonyl (C=O) groups excluding carboxylic acids is 1. The molecule has 0 aliphatic heterocycles. The zero-order valence-corrected chi connectivity index (χ0v) is 11.5. The van der Waals surface area contributed by atoms with E-state index in [1.165, 1.54) is 0 Å². The highest BCUT2D eigenvalue weighted by molar-refractivity contribution is 5.85. The predicted molar refractivity (Wildman–Crippen MR) is 68.2 cm³/mol. The Hall–Kier alpha value is -0.610. The Morgan fingerprint density at radius 2 is 1.94 bits per heavy atom. The topological polar surface area (TPSA) is 58.4 Å². The Balaban J connectivity index is 4.27. The molecule has 2 unspecified atom stereocenters. The molecule has 0 aliphatic rings. The fraction of sp³-hybridized carbons (Fsp3) is 0.917. The average molecular weight is 229 g/mol. The SMILES string of the molecule is CCC(C)(N)C(=O)NCC(C(C)C)N(C)C. The Labute approximate surface area is 99.6 Å². The third-order valence-electron chi connectivity index (χ3n) is 3.16. The largest absolute Gasteiger partial charge is 0.353 e. The smallest absolute Gasteiger partial charge is 0.239 e. The lowest BCUT2D eigenvalue weighted by atomic mass is 9.98. The molecule has 0 aromatic carbocycles. The minimum atomic E-state index is -0.756. The Morgan fingerprint density at radius 1 is 1.44 bits per heavy atom. The number of likely N-dealkylation sites (N-methyl/N-ethyl adjacent to an activating group) is 1. The number of nitrogens with zero attached hydrogens (tertiary/aromatic N) is 1. The average Bonchev–Trinajstić information content (AvgIpc) is 2.16. The molecule has 0 bridgehead atoms. The molecule has 2 atom stereocenters. The third kappa shape index (κ3) is 4.49. The van der Waals surface area contributed by atoms with Gasteiger partial charge in [0.25, 0.3) is 0 Å². The molecular weight excluding hydrogens is 202 g/mol. The van der Waals surface area contributed by atoms with Crippen LogP contribution in [-0.4, -0.2) is 43.0 Å². The summed E-state index contributed by atoms with van der Waals surface area (Å²) in [6, 6.07) is 0.344. The molecule has 4 heteroatoms. The number of carbonyl (C=O) groups is 1. The molecule has 0 saturated heterocycles. The first kappa shape index (κ1) is 15.4. The number of hydrogen-bond donors (Lipinski definition) is 2. The second-order valence-electron chi connectivity index (χ2n) is 5.26. The molecule has 0 aromatic heterocycles. The van der Waals surface area contributed by atoms with Crippen LogP contribution in [0.1, 0.15) is 34.1 Å². The monoisotopic (exact) mass is 229 g/mol. The minimum Gasteiger partial charge on any atom is -0.353 e. The molecule has 96 valence electrons. The van der Waals surface area contributed by atoms with Crippen molar-refractivity contribution in [3.63, 3.8) is 0 Å². The van der Waals surface area contributed by atoms with Crippen molar-refractivity contribution in [2.45, 2.75) is 45.7 Å². The molecule has 0 radical (unpaired) electrons. The lowest BCUT2D eigenvalue weighted by molar-refractivity contribution is -0.126. The van der Waals surface area contributed by atoms with Crippen LogP contribution < -0.4 is 11.1 Å². The molecule has 0 fully saturated rings. The predicted octanol–water partition coefficient (Wildman–Crippen LogP) is 0.816. The molecule has 0 rings (SSSR count). The highest BCUT2D eigenvalue weighted by Crippen LogP contribution is 2.08. The Morgan fingerprint density at radius 3 is 2.25 bits per heavy atom. The molecular formula is C12H27N3O. The minimum absolute atomic E-state index is 0.0671. The first-order valence-electron chi connectivity index (χ1n) is 5.96. The summed E-state index contributed by atoms with van der Waals surface area (Å²) < 4.78 is 0. The van der Waals surface area contributed by atoms with E-state index in [0.29, 0.717) is 24.9 Å². The van der Waals surface area contributed by atoms with Crippen LogP contribution in [0.25, 0.3) is 0 Å². The van der Waals surface area contributed by atoms with Crippen molar-refractivity contribution in [2.24, 2.45) is 11.7 Å². The van der Waals surface area contributed by atoms with E-state index in [1.807, 2.05) is 21.0 Å². The van der Waals surface area contributed by atoms with Gasteiger partial charge in [-0.15, -0.1) is 0 Å². The molecule has 0 heterocycles. The van der Waals surface area contributed by atoms with Crippen molar-refractivity contribution in [1.82, 2.24) is 10.2 Å². The van der Waals surface area contributed by atoms with Crippen molar-refractivity contribution in [3.8, 4) is 0 Å². The van der Waals surface area contributed by atoms with Gasteiger partial charge in [-0.3, -0.25) is 4.79 Å². The van der Waals surface area contributed by atoms with Crippen LogP contribution in [0.3, 0.4) is 0 Å². The van der Waals surface area contributed by atoms with Crippen LogP contribution in [0.2, 0.25) is 0 Å². The van der Waals surface area contributed by atoms with Gasteiger partial charge in [0.2, 0.25) is 5.91 Å². The zero-order valence-electron chi connectivity index (χ0n) is 11.5. The van der Waals surface area contributed by atoms with E-state index in [2.05, 4.69) is 24.1 Å². The molecule has 0 aliphatic carbocycles. The number of amides is 1. The Bertz CT molecular complexity index is 216. The maximum Gasteiger partial charge on any atom is 0.239 e. The summed E-state index contributed by atoms with van der Waals surface area (Å²) in [5.74, 6) is 0.434. The highest BCUT2D eigenvalue weighted by atomic mass is 16.2. The normalized spacial score (nSPS) is 17.3. The summed E-state index contributed by atoms with van der Waals surface area (Å²) in [5, 5.41) is 2.93. The summed E-state index contributed by atoms with van der Waals surface area (Å²) in [5.41, 5.74) is 5.12. The lowest BCUT2D eigenvalue weighted by Crippen LogP contribution is -2.54. The summed E-state index contributed by atoms with van der Waals surface area (Å²) in [6.07, 6.45) is 0.646. The van der Waals surface area contributed by atoms with E-state index >= 15 is 0 Å². The molecule has 0 aromatic rings. The van der Waals surface area contributed by atoms with E-state index in [1.54, 1.807) is 6.92 Å². The van der Waals surface area contributed by atoms with Gasteiger partial charge in [-0.1, -0.05) is 20.8 Å². The van der Waals surface area contributed by atoms with Crippen LogP contribution >= 0.6 is 0 Å². The highest BCUT2D eigenvalue weighted by Gasteiger charge is 2.27. The summed E-state index contributed by atoms with van der Waals surface area (Å²) >= 11 is 0. The van der Waals surface area contributed by atoms with Gasteiger partial charge in [-0.2, -0.15) is 0 Å². The van der Waals surface area contributed by atoms with Gasteiger partial charge in [0.05, 0.1) is 5.54 Å². The standard InChI is InChI=1S/C12H27N3O/c1-7-12(4,13)11(16)14-8-10(9(2)3)15(5)6/h9-10H,7-8,13H2,1-6H3,(H,14,16). The van der Waals surface area contributed by atoms with Gasteiger partial charge in [0.15, 0.2) is 0 Å². The van der Waals surface area contributed by atoms with E-state index in [-0.39, 0.29) is 5.91 Å². The van der Waals surface area contributed by atoms with Crippen molar-refractivity contribution in [3.05, 3.63) is 0 Å². The summed E-state index contributed by atoms with van der Waals surface area (Å²) in [7, 11) is 4.05. The van der Waals surface area contributed by atoms with E-state index in [4.69, 9.17) is 5.73 Å². The maximum absolute atomic E-state index is 11.8. The van der Waals surface area contributed by atoms with Crippen molar-refractivity contribution < 1.29 is 4.79 Å². The molecule has 16 heavy (non-hydrogen) atoms. The summed E-state index contributed by atoms with van der Waals surface area (Å²) in [6.45, 7) is 8.64. The maximum atomic E-state index is 11.8. The van der Waals surface area contributed by atoms with Gasteiger partial charge in [-0.05, 0) is 33.4 Å². The van der Waals surface area contributed by atoms with Crippen LogP contribution in [0.15, 0.2) is 0 Å². The van der Waals surface area contributed by atoms with Crippen molar-refractivity contribution >= 4 is 5.91 Å². The molecule has 3 N–H and O–H groups in total. The number of hydrogen-bond acceptors (Lipinski definition) is 3. The number of nitrogens with one attached hydrogen (secondary N) is 1. The summed E-state index contributed by atoms with van der Waals surface area (Å²) in [4.78, 5) is 13.9. The molecule has 0 spiro atoms. The fourth-order valence-electron chi connectivity index (χ4n) is 1.57. The van der Waals surface area contributed by atoms with Gasteiger partial charge < -0.3 is 16.0 Å². The molecule has 4 nitrogen and oxygen atoms in total. The van der Waals surface area contributed by atoms with Gasteiger partial charge in [-0.25, -0.2) is 0 Å². The fourth-order valence-corrected chi connectivity index (χ4v) is 1.57. The van der Waals surface area contributed by atoms with Gasteiger partial charge in [0.1, 0.15) is 0 Å². The van der Waals surface area contributed by atoms with Crippen molar-refractivity contribution in [2.75, 3.05) is 20.6 Å². The lowest BCUT2D eigenvalue weighted by Gasteiger charge is -2.30. The van der Waals surface area contributed by atoms with E-state index in [0.717, 1.165) is 0 Å². The second kappa shape index (κ2) is 6.21. The van der Waals surface area contributed by atoms with Gasteiger partial charge >= 0.3 is 0 Å². The van der Waals surface area contributed by atoms with Crippen molar-refractivity contribution in [1.29, 1.82) is 0 Å². The second-order valence-corrected chi connectivity index (χ2v) is 5.26. The van der Waals surface area contributed by atoms with E-state index < -0.39 is 5.54 Å². The quantitative estimate of drug-likeness (QED) is 0.709. The van der Waals surface area contributed by atoms with Crippen LogP contribution in [0.5, 0.6) is 0 Å². The number of nitrogens with two attached hydrogens (primary N) is 1. The van der Waals surface area contributed by atoms with Crippen LogP contribution in [0, 0.1) is 5.92 Å². The number of rotatable bonds is 6.